The van der Waals surface area contributed by atoms with Gasteiger partial charge in [0.1, 0.15) is 0 Å². The molecule has 0 bridgehead atoms. The maximum Gasteiger partial charge on any atom is 0.0796 e. The van der Waals surface area contributed by atoms with E-state index in [2.05, 4.69) is 22.9 Å². The van der Waals surface area contributed by atoms with Crippen molar-refractivity contribution in [2.45, 2.75) is 13.3 Å². The van der Waals surface area contributed by atoms with Gasteiger partial charge in [0.05, 0.1) is 3.94 Å². The monoisotopic (exact) mass is 226 g/mol. The SMILES string of the molecule is COCCC(C)/C=C(\Cl)Br. The molecular weight excluding hydrogens is 215 g/mol. The normalized spacial score (nSPS) is 15.4. The van der Waals surface area contributed by atoms with Gasteiger partial charge >= 0.3 is 0 Å². The fourth-order valence-electron chi connectivity index (χ4n) is 0.602. The standard InChI is InChI=1S/C7H12BrClO/c1-6(3-4-10-2)5-7(8)9/h5-6H,3-4H2,1-2H3/b7-5-. The first-order valence-corrected chi connectivity index (χ1v) is 4.35. The highest BCUT2D eigenvalue weighted by molar-refractivity contribution is 9.12. The smallest absolute Gasteiger partial charge is 0.0796 e. The van der Waals surface area contributed by atoms with Crippen molar-refractivity contribution in [1.82, 2.24) is 0 Å². The zero-order valence-electron chi connectivity index (χ0n) is 6.23. The van der Waals surface area contributed by atoms with Crippen LogP contribution in [0.25, 0.3) is 0 Å². The van der Waals surface area contributed by atoms with Gasteiger partial charge in [0.15, 0.2) is 0 Å². The van der Waals surface area contributed by atoms with Crippen molar-refractivity contribution in [3.8, 4) is 0 Å². The van der Waals surface area contributed by atoms with Gasteiger partial charge in [0.25, 0.3) is 0 Å². The van der Waals surface area contributed by atoms with Crippen molar-refractivity contribution in [2.75, 3.05) is 13.7 Å². The summed E-state index contributed by atoms with van der Waals surface area (Å²) < 4.78 is 5.58. The number of hydrogen-bond donors (Lipinski definition) is 0. The number of ether oxygens (including phenoxy) is 1. The van der Waals surface area contributed by atoms with Crippen LogP contribution in [0.2, 0.25) is 0 Å². The maximum absolute atomic E-state index is 5.59. The molecule has 0 rings (SSSR count). The Balaban J connectivity index is 3.43. The van der Waals surface area contributed by atoms with Gasteiger partial charge in [-0.2, -0.15) is 0 Å². The molecule has 0 aliphatic rings. The van der Waals surface area contributed by atoms with Crippen LogP contribution in [0.4, 0.5) is 0 Å². The fourth-order valence-corrected chi connectivity index (χ4v) is 1.27. The molecule has 1 nitrogen and oxygen atoms in total. The number of methoxy groups -OCH3 is 1. The van der Waals surface area contributed by atoms with Gasteiger partial charge in [-0.05, 0) is 28.3 Å². The second kappa shape index (κ2) is 6.20. The van der Waals surface area contributed by atoms with Crippen molar-refractivity contribution in [1.29, 1.82) is 0 Å². The van der Waals surface area contributed by atoms with Crippen LogP contribution >= 0.6 is 27.5 Å². The molecule has 0 aromatic carbocycles. The molecule has 0 spiro atoms. The Bertz CT molecular complexity index is 110. The first-order chi connectivity index (χ1) is 4.66. The molecule has 0 saturated carbocycles. The molecule has 0 saturated heterocycles. The lowest BCUT2D eigenvalue weighted by Crippen LogP contribution is -1.96. The van der Waals surface area contributed by atoms with Crippen LogP contribution in [0.3, 0.4) is 0 Å². The van der Waals surface area contributed by atoms with Gasteiger partial charge in [-0.15, -0.1) is 0 Å². The third kappa shape index (κ3) is 6.59. The first kappa shape index (κ1) is 10.5. The van der Waals surface area contributed by atoms with Gasteiger partial charge in [-0.1, -0.05) is 24.6 Å². The van der Waals surface area contributed by atoms with Gasteiger partial charge in [0, 0.05) is 13.7 Å². The van der Waals surface area contributed by atoms with Crippen molar-refractivity contribution in [3.63, 3.8) is 0 Å². The number of rotatable bonds is 4. The molecule has 0 radical (unpaired) electrons. The number of allylic oxidation sites excluding steroid dienone is 1. The molecule has 0 amide bonds. The Hall–Kier alpha value is 0.470. The van der Waals surface area contributed by atoms with E-state index in [4.69, 9.17) is 16.3 Å². The topological polar surface area (TPSA) is 9.23 Å². The summed E-state index contributed by atoms with van der Waals surface area (Å²) in [6, 6.07) is 0. The minimum absolute atomic E-state index is 0.479. The van der Waals surface area contributed by atoms with E-state index in [1.807, 2.05) is 6.08 Å². The lowest BCUT2D eigenvalue weighted by Gasteiger charge is -2.03. The van der Waals surface area contributed by atoms with E-state index in [0.29, 0.717) is 9.86 Å². The maximum atomic E-state index is 5.59. The Morgan fingerprint density at radius 1 is 1.80 bits per heavy atom. The van der Waals surface area contributed by atoms with Crippen molar-refractivity contribution in [3.05, 3.63) is 10.0 Å². The van der Waals surface area contributed by atoms with Crippen LogP contribution in [0.1, 0.15) is 13.3 Å². The summed E-state index contributed by atoms with van der Waals surface area (Å²) in [7, 11) is 1.70. The van der Waals surface area contributed by atoms with Crippen molar-refractivity contribution in [2.24, 2.45) is 5.92 Å². The molecule has 0 aromatic rings. The van der Waals surface area contributed by atoms with Crippen molar-refractivity contribution >= 4 is 27.5 Å². The summed E-state index contributed by atoms with van der Waals surface area (Å²) in [6.07, 6.45) is 2.97. The second-order valence-corrected chi connectivity index (χ2v) is 3.93. The molecule has 10 heavy (non-hydrogen) atoms. The van der Waals surface area contributed by atoms with E-state index < -0.39 is 0 Å². The van der Waals surface area contributed by atoms with E-state index in [-0.39, 0.29) is 0 Å². The first-order valence-electron chi connectivity index (χ1n) is 3.18. The lowest BCUT2D eigenvalue weighted by atomic mass is 10.1. The van der Waals surface area contributed by atoms with Crippen LogP contribution in [-0.4, -0.2) is 13.7 Å². The zero-order chi connectivity index (χ0) is 7.98. The number of hydrogen-bond acceptors (Lipinski definition) is 1. The Morgan fingerprint density at radius 2 is 2.40 bits per heavy atom. The van der Waals surface area contributed by atoms with Crippen molar-refractivity contribution < 1.29 is 4.74 Å². The predicted molar refractivity (Wildman–Crippen MR) is 48.5 cm³/mol. The highest BCUT2D eigenvalue weighted by atomic mass is 79.9. The summed E-state index contributed by atoms with van der Waals surface area (Å²) in [5.74, 6) is 0.479. The van der Waals surface area contributed by atoms with E-state index >= 15 is 0 Å². The van der Waals surface area contributed by atoms with Crippen LogP contribution in [0.5, 0.6) is 0 Å². The van der Waals surface area contributed by atoms with Crippen LogP contribution in [0, 0.1) is 5.92 Å². The summed E-state index contributed by atoms with van der Waals surface area (Å²) >= 11 is 8.74. The zero-order valence-corrected chi connectivity index (χ0v) is 8.58. The molecule has 0 aliphatic carbocycles. The fraction of sp³-hybridized carbons (Fsp3) is 0.714. The summed E-state index contributed by atoms with van der Waals surface area (Å²) in [6.45, 7) is 2.89. The minimum atomic E-state index is 0.479. The highest BCUT2D eigenvalue weighted by Gasteiger charge is 1.97. The number of halogens is 2. The molecule has 0 aromatic heterocycles. The highest BCUT2D eigenvalue weighted by Crippen LogP contribution is 2.15. The molecule has 0 heterocycles. The Labute approximate surface area is 75.5 Å². The molecule has 60 valence electrons. The van der Waals surface area contributed by atoms with E-state index in [1.165, 1.54) is 0 Å². The average Bonchev–Trinajstić information content (AvgIpc) is 1.82. The quantitative estimate of drug-likeness (QED) is 0.717. The van der Waals surface area contributed by atoms with E-state index in [9.17, 15) is 0 Å². The van der Waals surface area contributed by atoms with Gasteiger partial charge < -0.3 is 4.74 Å². The average molecular weight is 228 g/mol. The molecular formula is C7H12BrClO. The summed E-state index contributed by atoms with van der Waals surface area (Å²) in [4.78, 5) is 0. The molecule has 1 atom stereocenters. The molecule has 0 N–H and O–H groups in total. The van der Waals surface area contributed by atoms with Gasteiger partial charge in [0.2, 0.25) is 0 Å². The van der Waals surface area contributed by atoms with Crippen LogP contribution in [0.15, 0.2) is 10.0 Å². The van der Waals surface area contributed by atoms with Crippen LogP contribution in [-0.2, 0) is 4.74 Å². The predicted octanol–water partition coefficient (Wildman–Crippen LogP) is 3.13. The largest absolute Gasteiger partial charge is 0.385 e. The van der Waals surface area contributed by atoms with E-state index in [0.717, 1.165) is 13.0 Å². The third-order valence-electron chi connectivity index (χ3n) is 1.19. The second-order valence-electron chi connectivity index (χ2n) is 2.22. The molecule has 3 heteroatoms. The summed E-state index contributed by atoms with van der Waals surface area (Å²) in [5, 5.41) is 0. The minimum Gasteiger partial charge on any atom is -0.385 e. The lowest BCUT2D eigenvalue weighted by molar-refractivity contribution is 0.186. The molecule has 1 unspecified atom stereocenters. The van der Waals surface area contributed by atoms with Gasteiger partial charge in [-0.3, -0.25) is 0 Å². The van der Waals surface area contributed by atoms with Gasteiger partial charge in [-0.25, -0.2) is 0 Å². The summed E-state index contributed by atoms with van der Waals surface area (Å²) in [5.41, 5.74) is 0. The Kier molecular flexibility index (Phi) is 6.49. The Morgan fingerprint density at radius 3 is 2.80 bits per heavy atom. The van der Waals surface area contributed by atoms with E-state index in [1.54, 1.807) is 7.11 Å². The molecule has 0 aliphatic heterocycles. The third-order valence-corrected chi connectivity index (χ3v) is 1.58. The molecule has 0 fully saturated rings. The van der Waals surface area contributed by atoms with Crippen LogP contribution < -0.4 is 0 Å².